The molecular formula is C15H23N3O3. The van der Waals surface area contributed by atoms with Gasteiger partial charge in [0.25, 0.3) is 5.69 Å². The van der Waals surface area contributed by atoms with Crippen LogP contribution in [0.15, 0.2) is 12.1 Å². The predicted molar refractivity (Wildman–Crippen MR) is 81.7 cm³/mol. The Morgan fingerprint density at radius 3 is 2.67 bits per heavy atom. The molecule has 0 amide bonds. The zero-order valence-electron chi connectivity index (χ0n) is 12.9. The molecule has 0 spiro atoms. The number of nitrogens with zero attached hydrogens (tertiary/aromatic N) is 2. The first-order chi connectivity index (χ1) is 9.89. The Morgan fingerprint density at radius 1 is 1.43 bits per heavy atom. The van der Waals surface area contributed by atoms with Crippen LogP contribution in [0.5, 0.6) is 5.88 Å². The Morgan fingerprint density at radius 2 is 2.10 bits per heavy atom. The van der Waals surface area contributed by atoms with Crippen LogP contribution in [0.25, 0.3) is 0 Å². The minimum absolute atomic E-state index is 0.00656. The number of nitrogens with one attached hydrogen (secondary N) is 1. The lowest BCUT2D eigenvalue weighted by Crippen LogP contribution is -2.28. The molecule has 0 atom stereocenters. The normalized spacial score (nSPS) is 18.2. The molecule has 0 radical (unpaired) electrons. The van der Waals surface area contributed by atoms with Crippen LogP contribution >= 0.6 is 0 Å². The fourth-order valence-corrected chi connectivity index (χ4v) is 2.59. The average molecular weight is 293 g/mol. The van der Waals surface area contributed by atoms with E-state index in [1.165, 1.54) is 12.1 Å². The highest BCUT2D eigenvalue weighted by Gasteiger charge is 2.28. The van der Waals surface area contributed by atoms with E-state index in [1.54, 1.807) is 0 Å². The topological polar surface area (TPSA) is 77.3 Å². The summed E-state index contributed by atoms with van der Waals surface area (Å²) >= 11 is 0. The summed E-state index contributed by atoms with van der Waals surface area (Å²) in [5, 5.41) is 14.0. The number of rotatable bonds is 5. The molecule has 0 bridgehead atoms. The van der Waals surface area contributed by atoms with Gasteiger partial charge in [-0.3, -0.25) is 10.1 Å². The molecule has 1 fully saturated rings. The monoisotopic (exact) mass is 293 g/mol. The van der Waals surface area contributed by atoms with Crippen molar-refractivity contribution in [1.82, 2.24) is 4.98 Å². The Kier molecular flexibility index (Phi) is 4.65. The second-order valence-corrected chi connectivity index (χ2v) is 6.32. The maximum atomic E-state index is 11.0. The van der Waals surface area contributed by atoms with Gasteiger partial charge in [-0.2, -0.15) is 4.98 Å². The highest BCUT2D eigenvalue weighted by molar-refractivity contribution is 5.48. The lowest BCUT2D eigenvalue weighted by molar-refractivity contribution is -0.384. The van der Waals surface area contributed by atoms with Crippen molar-refractivity contribution in [1.29, 1.82) is 0 Å². The Labute approximate surface area is 125 Å². The first-order valence-electron chi connectivity index (χ1n) is 7.46. The standard InChI is InChI=1S/C15H23N3O3/c1-4-16-13-9-11(18(19)20)10-14(17-13)21-12-5-7-15(2,3)8-6-12/h9-10,12H,4-8H2,1-3H3,(H,16,17). The maximum Gasteiger partial charge on any atom is 0.278 e. The lowest BCUT2D eigenvalue weighted by Gasteiger charge is -2.34. The third-order valence-corrected chi connectivity index (χ3v) is 3.93. The van der Waals surface area contributed by atoms with Gasteiger partial charge in [0.1, 0.15) is 11.9 Å². The quantitative estimate of drug-likeness (QED) is 0.660. The summed E-state index contributed by atoms with van der Waals surface area (Å²) in [5.74, 6) is 0.822. The molecule has 0 aliphatic heterocycles. The largest absolute Gasteiger partial charge is 0.474 e. The van der Waals surface area contributed by atoms with Crippen molar-refractivity contribution in [3.05, 3.63) is 22.2 Å². The van der Waals surface area contributed by atoms with E-state index in [4.69, 9.17) is 4.74 Å². The molecule has 1 aliphatic carbocycles. The maximum absolute atomic E-state index is 11.0. The van der Waals surface area contributed by atoms with Crippen molar-refractivity contribution in [2.45, 2.75) is 52.6 Å². The molecule has 1 heterocycles. The SMILES string of the molecule is CCNc1cc([N+](=O)[O-])cc(OC2CCC(C)(C)CC2)n1. The van der Waals surface area contributed by atoms with Gasteiger partial charge in [-0.15, -0.1) is 0 Å². The van der Waals surface area contributed by atoms with E-state index in [2.05, 4.69) is 24.1 Å². The molecule has 0 aromatic carbocycles. The summed E-state index contributed by atoms with van der Waals surface area (Å²) in [6.07, 6.45) is 4.24. The number of pyridine rings is 1. The zero-order chi connectivity index (χ0) is 15.5. The fourth-order valence-electron chi connectivity index (χ4n) is 2.59. The van der Waals surface area contributed by atoms with Gasteiger partial charge in [-0.1, -0.05) is 13.8 Å². The van der Waals surface area contributed by atoms with Crippen molar-refractivity contribution in [3.8, 4) is 5.88 Å². The Balaban J connectivity index is 2.10. The fraction of sp³-hybridized carbons (Fsp3) is 0.667. The molecular weight excluding hydrogens is 270 g/mol. The van der Waals surface area contributed by atoms with Crippen LogP contribution in [0.4, 0.5) is 11.5 Å². The zero-order valence-corrected chi connectivity index (χ0v) is 12.9. The molecule has 1 aromatic rings. The van der Waals surface area contributed by atoms with Crippen LogP contribution in [0.3, 0.4) is 0 Å². The van der Waals surface area contributed by atoms with Gasteiger partial charge in [0.05, 0.1) is 17.1 Å². The molecule has 6 nitrogen and oxygen atoms in total. The van der Waals surface area contributed by atoms with Gasteiger partial charge in [0.2, 0.25) is 5.88 Å². The summed E-state index contributed by atoms with van der Waals surface area (Å²) in [5.41, 5.74) is 0.373. The van der Waals surface area contributed by atoms with Crippen LogP contribution in [-0.2, 0) is 0 Å². The molecule has 6 heteroatoms. The lowest BCUT2D eigenvalue weighted by atomic mass is 9.76. The smallest absolute Gasteiger partial charge is 0.278 e. The van der Waals surface area contributed by atoms with E-state index in [-0.39, 0.29) is 11.8 Å². The van der Waals surface area contributed by atoms with E-state index in [0.717, 1.165) is 25.7 Å². The average Bonchev–Trinajstić information content (AvgIpc) is 2.41. The molecule has 21 heavy (non-hydrogen) atoms. The van der Waals surface area contributed by atoms with Gasteiger partial charge in [-0.05, 0) is 38.0 Å². The Hall–Kier alpha value is -1.85. The van der Waals surface area contributed by atoms with Crippen LogP contribution in [0.1, 0.15) is 46.5 Å². The van der Waals surface area contributed by atoms with Gasteiger partial charge in [0, 0.05) is 6.54 Å². The first kappa shape index (κ1) is 15.5. The second-order valence-electron chi connectivity index (χ2n) is 6.32. The number of nitro groups is 1. The third-order valence-electron chi connectivity index (χ3n) is 3.93. The molecule has 1 aromatic heterocycles. The minimum atomic E-state index is -0.417. The Bertz CT molecular complexity index is 507. The molecule has 1 aliphatic rings. The van der Waals surface area contributed by atoms with Crippen molar-refractivity contribution in [3.63, 3.8) is 0 Å². The van der Waals surface area contributed by atoms with Crippen molar-refractivity contribution in [2.24, 2.45) is 5.41 Å². The summed E-state index contributed by atoms with van der Waals surface area (Å²) in [6, 6.07) is 2.83. The van der Waals surface area contributed by atoms with E-state index in [1.807, 2.05) is 6.92 Å². The number of hydrogen-bond donors (Lipinski definition) is 1. The van der Waals surface area contributed by atoms with Crippen LogP contribution in [0, 0.1) is 15.5 Å². The molecule has 1 N–H and O–H groups in total. The van der Waals surface area contributed by atoms with Crippen LogP contribution < -0.4 is 10.1 Å². The second kappa shape index (κ2) is 6.28. The predicted octanol–water partition coefficient (Wildman–Crippen LogP) is 3.77. The van der Waals surface area contributed by atoms with Crippen LogP contribution in [0.2, 0.25) is 0 Å². The van der Waals surface area contributed by atoms with Gasteiger partial charge in [-0.25, -0.2) is 0 Å². The summed E-state index contributed by atoms with van der Waals surface area (Å²) in [4.78, 5) is 14.9. The van der Waals surface area contributed by atoms with Crippen LogP contribution in [-0.4, -0.2) is 22.6 Å². The summed E-state index contributed by atoms with van der Waals surface area (Å²) < 4.78 is 5.87. The highest BCUT2D eigenvalue weighted by atomic mass is 16.6. The molecule has 2 rings (SSSR count). The molecule has 116 valence electrons. The highest BCUT2D eigenvalue weighted by Crippen LogP contribution is 2.36. The van der Waals surface area contributed by atoms with E-state index < -0.39 is 4.92 Å². The van der Waals surface area contributed by atoms with E-state index in [0.29, 0.717) is 23.7 Å². The number of hydrogen-bond acceptors (Lipinski definition) is 5. The number of ether oxygens (including phenoxy) is 1. The minimum Gasteiger partial charge on any atom is -0.474 e. The third kappa shape index (κ3) is 4.31. The molecule has 0 saturated heterocycles. The van der Waals surface area contributed by atoms with Gasteiger partial charge < -0.3 is 10.1 Å². The number of anilines is 1. The van der Waals surface area contributed by atoms with Crippen molar-refractivity contribution in [2.75, 3.05) is 11.9 Å². The van der Waals surface area contributed by atoms with Crippen molar-refractivity contribution >= 4 is 11.5 Å². The van der Waals surface area contributed by atoms with Crippen molar-refractivity contribution < 1.29 is 9.66 Å². The van der Waals surface area contributed by atoms with Gasteiger partial charge in [0.15, 0.2) is 0 Å². The molecule has 1 saturated carbocycles. The summed E-state index contributed by atoms with van der Waals surface area (Å²) in [7, 11) is 0. The summed E-state index contributed by atoms with van der Waals surface area (Å²) in [6.45, 7) is 7.10. The van der Waals surface area contributed by atoms with Gasteiger partial charge >= 0.3 is 0 Å². The number of aromatic nitrogens is 1. The molecule has 0 unspecified atom stereocenters. The first-order valence-corrected chi connectivity index (χ1v) is 7.46. The van der Waals surface area contributed by atoms with E-state index >= 15 is 0 Å². The van der Waals surface area contributed by atoms with E-state index in [9.17, 15) is 10.1 Å².